The Morgan fingerprint density at radius 2 is 1.69 bits per heavy atom. The number of rotatable bonds is 6. The highest BCUT2D eigenvalue weighted by atomic mass is 19.4. The summed E-state index contributed by atoms with van der Waals surface area (Å²) >= 11 is 0. The zero-order valence-corrected chi connectivity index (χ0v) is 23.0. The first kappa shape index (κ1) is 27.5. The molecule has 2 amide bonds. The average Bonchev–Trinajstić information content (AvgIpc) is 3.43. The van der Waals surface area contributed by atoms with Gasteiger partial charge in [0.05, 0.1) is 11.3 Å². The summed E-state index contributed by atoms with van der Waals surface area (Å²) in [7, 11) is 0. The minimum Gasteiger partial charge on any atom is -0.352 e. The lowest BCUT2D eigenvalue weighted by atomic mass is 10.0. The van der Waals surface area contributed by atoms with Gasteiger partial charge in [-0.25, -0.2) is 9.78 Å². The van der Waals surface area contributed by atoms with Gasteiger partial charge < -0.3 is 19.6 Å². The highest BCUT2D eigenvalue weighted by molar-refractivity contribution is 6.00. The van der Waals surface area contributed by atoms with Gasteiger partial charge in [0.25, 0.3) is 5.71 Å². The van der Waals surface area contributed by atoms with E-state index in [0.29, 0.717) is 61.0 Å². The number of halogens is 3. The number of hydrogen-bond donors (Lipinski definition) is 1. The van der Waals surface area contributed by atoms with Crippen LogP contribution < -0.4 is 10.2 Å². The molecule has 0 radical (unpaired) electrons. The number of aryl methyl sites for hydroxylation is 1. The van der Waals surface area contributed by atoms with E-state index in [1.165, 1.54) is 23.1 Å². The molecule has 2 aromatic heterocycles. The predicted octanol–water partition coefficient (Wildman–Crippen LogP) is 7.15. The van der Waals surface area contributed by atoms with Crippen molar-refractivity contribution < 1.29 is 22.5 Å². The third kappa shape index (κ3) is 5.46. The smallest absolute Gasteiger partial charge is 0.352 e. The molecule has 1 saturated heterocycles. The first-order valence-corrected chi connectivity index (χ1v) is 13.9. The Bertz CT molecular complexity index is 1740. The number of amides is 2. The van der Waals surface area contributed by atoms with Gasteiger partial charge in [0.15, 0.2) is 0 Å². The maximum Gasteiger partial charge on any atom is 0.418 e. The Morgan fingerprint density at radius 1 is 0.952 bits per heavy atom. The van der Waals surface area contributed by atoms with Crippen molar-refractivity contribution in [1.29, 1.82) is 0 Å². The van der Waals surface area contributed by atoms with Crippen LogP contribution in [0, 0.1) is 0 Å². The SMILES string of the molecule is CCCCc1nc(N2CCN(C(=O)Nc3ccccc3C(F)(F)F)CC2)c2c(-c3ccc4ccccc4c3)noc2n1. The molecular formula is C31H29F3N6O2. The number of alkyl halides is 3. The van der Waals surface area contributed by atoms with Gasteiger partial charge in [0.2, 0.25) is 0 Å². The molecule has 1 N–H and O–H groups in total. The number of para-hydroxylation sites is 1. The minimum absolute atomic E-state index is 0.264. The van der Waals surface area contributed by atoms with Crippen molar-refractivity contribution >= 4 is 39.4 Å². The summed E-state index contributed by atoms with van der Waals surface area (Å²) < 4.78 is 46.0. The molecule has 1 aliphatic heterocycles. The van der Waals surface area contributed by atoms with Crippen molar-refractivity contribution in [3.8, 4) is 11.3 Å². The number of nitrogens with zero attached hydrogens (tertiary/aromatic N) is 5. The van der Waals surface area contributed by atoms with E-state index in [2.05, 4.69) is 33.3 Å². The third-order valence-corrected chi connectivity index (χ3v) is 7.48. The van der Waals surface area contributed by atoms with Crippen LogP contribution in [0.15, 0.2) is 71.3 Å². The second kappa shape index (κ2) is 11.3. The zero-order valence-electron chi connectivity index (χ0n) is 23.0. The Balaban J connectivity index is 1.28. The summed E-state index contributed by atoms with van der Waals surface area (Å²) in [6.07, 6.45) is -1.98. The maximum atomic E-state index is 13.4. The lowest BCUT2D eigenvalue weighted by Crippen LogP contribution is -2.50. The molecule has 3 heterocycles. The quantitative estimate of drug-likeness (QED) is 0.232. The molecule has 6 rings (SSSR count). The largest absolute Gasteiger partial charge is 0.418 e. The minimum atomic E-state index is -4.57. The lowest BCUT2D eigenvalue weighted by Gasteiger charge is -2.35. The van der Waals surface area contributed by atoms with Crippen LogP contribution in [0.2, 0.25) is 0 Å². The molecule has 0 atom stereocenters. The topological polar surface area (TPSA) is 87.4 Å². The molecule has 0 spiro atoms. The number of aromatic nitrogens is 3. The normalized spacial score (nSPS) is 14.1. The molecule has 216 valence electrons. The number of carbonyl (C=O) groups is 1. The van der Waals surface area contributed by atoms with E-state index >= 15 is 0 Å². The molecule has 8 nitrogen and oxygen atoms in total. The van der Waals surface area contributed by atoms with Crippen molar-refractivity contribution in [3.63, 3.8) is 0 Å². The first-order chi connectivity index (χ1) is 20.3. The predicted molar refractivity (Wildman–Crippen MR) is 155 cm³/mol. The van der Waals surface area contributed by atoms with Gasteiger partial charge in [-0.1, -0.05) is 67.0 Å². The van der Waals surface area contributed by atoms with E-state index in [9.17, 15) is 18.0 Å². The van der Waals surface area contributed by atoms with Crippen molar-refractivity contribution in [2.45, 2.75) is 32.4 Å². The van der Waals surface area contributed by atoms with Crippen LogP contribution in [0.3, 0.4) is 0 Å². The van der Waals surface area contributed by atoms with Gasteiger partial charge in [0, 0.05) is 38.2 Å². The Hall–Kier alpha value is -4.67. The van der Waals surface area contributed by atoms with E-state index < -0.39 is 17.8 Å². The Labute approximate surface area is 240 Å². The van der Waals surface area contributed by atoms with Crippen LogP contribution >= 0.6 is 0 Å². The van der Waals surface area contributed by atoms with Gasteiger partial charge in [-0.05, 0) is 35.4 Å². The average molecular weight is 575 g/mol. The fourth-order valence-electron chi connectivity index (χ4n) is 5.24. The number of benzene rings is 3. The third-order valence-electron chi connectivity index (χ3n) is 7.48. The number of carbonyl (C=O) groups excluding carboxylic acids is 1. The van der Waals surface area contributed by atoms with E-state index in [4.69, 9.17) is 9.51 Å². The van der Waals surface area contributed by atoms with Crippen LogP contribution in [-0.2, 0) is 12.6 Å². The molecule has 11 heteroatoms. The summed E-state index contributed by atoms with van der Waals surface area (Å²) in [4.78, 5) is 26.1. The van der Waals surface area contributed by atoms with E-state index in [-0.39, 0.29) is 5.69 Å². The fraction of sp³-hybridized carbons (Fsp3) is 0.290. The standard InChI is InChI=1S/C31H29F3N6O2/c1-2-3-12-25-36-28(26-27(38-42-29(26)37-25)22-14-13-20-8-4-5-9-21(20)19-22)39-15-17-40(18-16-39)30(41)35-24-11-7-6-10-23(24)31(32,33)34/h4-11,13-14,19H,2-3,12,15-18H2,1H3,(H,35,41). The monoisotopic (exact) mass is 574 g/mol. The van der Waals surface area contributed by atoms with Crippen LogP contribution in [-0.4, -0.2) is 52.2 Å². The lowest BCUT2D eigenvalue weighted by molar-refractivity contribution is -0.136. The summed E-state index contributed by atoms with van der Waals surface area (Å²) in [6, 6.07) is 18.5. The molecule has 0 aliphatic carbocycles. The second-order valence-electron chi connectivity index (χ2n) is 10.3. The van der Waals surface area contributed by atoms with Crippen LogP contribution in [0.5, 0.6) is 0 Å². The van der Waals surface area contributed by atoms with Crippen molar-refractivity contribution in [1.82, 2.24) is 20.0 Å². The second-order valence-corrected chi connectivity index (χ2v) is 10.3. The Morgan fingerprint density at radius 3 is 2.45 bits per heavy atom. The van der Waals surface area contributed by atoms with Gasteiger partial charge in [0.1, 0.15) is 22.7 Å². The highest BCUT2D eigenvalue weighted by Gasteiger charge is 2.34. The molecule has 0 saturated carbocycles. The zero-order chi connectivity index (χ0) is 29.3. The van der Waals surface area contributed by atoms with Crippen LogP contribution in [0.4, 0.5) is 29.5 Å². The summed E-state index contributed by atoms with van der Waals surface area (Å²) in [5.74, 6) is 1.34. The number of hydrogen-bond acceptors (Lipinski definition) is 6. The molecule has 0 bridgehead atoms. The molecule has 0 unspecified atom stereocenters. The molecule has 42 heavy (non-hydrogen) atoms. The number of unbranched alkanes of at least 4 members (excludes halogenated alkanes) is 1. The number of fused-ring (bicyclic) bond motifs is 2. The van der Waals surface area contributed by atoms with Crippen LogP contribution in [0.1, 0.15) is 31.2 Å². The fourth-order valence-corrected chi connectivity index (χ4v) is 5.24. The summed E-state index contributed by atoms with van der Waals surface area (Å²) in [5, 5.41) is 9.72. The molecule has 3 aromatic carbocycles. The maximum absolute atomic E-state index is 13.4. The van der Waals surface area contributed by atoms with Gasteiger partial charge in [-0.2, -0.15) is 18.2 Å². The summed E-state index contributed by atoms with van der Waals surface area (Å²) in [6.45, 7) is 3.55. The van der Waals surface area contributed by atoms with Crippen molar-refractivity contribution in [3.05, 3.63) is 78.1 Å². The molecule has 1 aliphatic rings. The van der Waals surface area contributed by atoms with E-state index in [1.54, 1.807) is 0 Å². The van der Waals surface area contributed by atoms with Crippen LogP contribution in [0.25, 0.3) is 33.1 Å². The number of nitrogens with one attached hydrogen (secondary N) is 1. The van der Waals surface area contributed by atoms with Gasteiger partial charge in [-0.15, -0.1) is 0 Å². The van der Waals surface area contributed by atoms with E-state index in [0.717, 1.165) is 35.2 Å². The number of urea groups is 1. The molecule has 1 fully saturated rings. The van der Waals surface area contributed by atoms with Gasteiger partial charge >= 0.3 is 12.2 Å². The van der Waals surface area contributed by atoms with Crippen molar-refractivity contribution in [2.24, 2.45) is 0 Å². The number of piperazine rings is 1. The molecular weight excluding hydrogens is 545 g/mol. The Kier molecular flexibility index (Phi) is 7.40. The first-order valence-electron chi connectivity index (χ1n) is 13.9. The van der Waals surface area contributed by atoms with Gasteiger partial charge in [-0.3, -0.25) is 0 Å². The number of anilines is 2. The summed E-state index contributed by atoms with van der Waals surface area (Å²) in [5.41, 5.74) is 0.767. The van der Waals surface area contributed by atoms with Crippen molar-refractivity contribution in [2.75, 3.05) is 36.4 Å². The van der Waals surface area contributed by atoms with E-state index in [1.807, 2.05) is 36.4 Å². The highest BCUT2D eigenvalue weighted by Crippen LogP contribution is 2.36. The molecule has 5 aromatic rings.